The first-order valence-corrected chi connectivity index (χ1v) is 11.8. The van der Waals surface area contributed by atoms with Crippen LogP contribution in [0.2, 0.25) is 0 Å². The molecule has 1 aliphatic heterocycles. The molecule has 0 radical (unpaired) electrons. The van der Waals surface area contributed by atoms with E-state index in [0.29, 0.717) is 18.0 Å². The van der Waals surface area contributed by atoms with Crippen LogP contribution in [0, 0.1) is 0 Å². The monoisotopic (exact) mass is 444 g/mol. The Bertz CT molecular complexity index is 1240. The summed E-state index contributed by atoms with van der Waals surface area (Å²) < 4.78 is 2.26. The molecule has 0 amide bonds. The maximum absolute atomic E-state index is 4.87. The van der Waals surface area contributed by atoms with Crippen LogP contribution >= 0.6 is 0 Å². The molecule has 8 heteroatoms. The third-order valence-electron chi connectivity index (χ3n) is 6.93. The molecule has 0 bridgehead atoms. The van der Waals surface area contributed by atoms with Crippen LogP contribution in [0.4, 0.5) is 17.5 Å². The summed E-state index contributed by atoms with van der Waals surface area (Å²) in [6.07, 6.45) is 10.9. The van der Waals surface area contributed by atoms with E-state index in [-0.39, 0.29) is 0 Å². The molecule has 5 rings (SSSR count). The number of hydrogen-bond donors (Lipinski definition) is 1. The molecule has 0 unspecified atom stereocenters. The predicted octanol–water partition coefficient (Wildman–Crippen LogP) is 4.62. The lowest BCUT2D eigenvalue weighted by atomic mass is 10.0. The second-order valence-corrected chi connectivity index (χ2v) is 9.16. The molecule has 4 aromatic rings. The molecule has 1 atom stereocenters. The summed E-state index contributed by atoms with van der Waals surface area (Å²) in [5.74, 6) is 1.30. The first kappa shape index (κ1) is 21.6. The summed E-state index contributed by atoms with van der Waals surface area (Å²) in [7, 11) is 4.34. The molecule has 4 aromatic heterocycles. The van der Waals surface area contributed by atoms with Crippen LogP contribution in [0.15, 0.2) is 43.0 Å². The lowest BCUT2D eigenvalue weighted by Crippen LogP contribution is -2.42. The molecule has 1 saturated heterocycles. The van der Waals surface area contributed by atoms with Crippen molar-refractivity contribution in [1.82, 2.24) is 29.4 Å². The summed E-state index contributed by atoms with van der Waals surface area (Å²) in [5.41, 5.74) is 3.18. The van der Waals surface area contributed by atoms with Gasteiger partial charge in [0.25, 0.3) is 0 Å². The Morgan fingerprint density at radius 2 is 1.88 bits per heavy atom. The third-order valence-corrected chi connectivity index (χ3v) is 6.93. The molecule has 1 N–H and O–H groups in total. The lowest BCUT2D eigenvalue weighted by Gasteiger charge is -2.36. The standard InChI is InChI=1S/C25H32N8/c1-5-17(2)33-22-16-26-11-8-20(22)21-15-28-25(30-24(21)33)29-23-7-6-19(14-27-23)32-12-9-18(10-13-32)31(3)4/h6-8,11,14-18H,5,9-10,12-13H2,1-4H3,(H,27,28,29,30)/t17-/m0/s1. The van der Waals surface area contributed by atoms with Crippen LogP contribution in [-0.4, -0.2) is 62.6 Å². The van der Waals surface area contributed by atoms with Gasteiger partial charge in [0, 0.05) is 48.3 Å². The van der Waals surface area contributed by atoms with E-state index < -0.39 is 0 Å². The van der Waals surface area contributed by atoms with E-state index in [9.17, 15) is 0 Å². The van der Waals surface area contributed by atoms with E-state index >= 15 is 0 Å². The van der Waals surface area contributed by atoms with Crippen molar-refractivity contribution >= 4 is 39.4 Å². The number of piperidine rings is 1. The fraction of sp³-hybridized carbons (Fsp3) is 0.440. The molecule has 0 aliphatic carbocycles. The van der Waals surface area contributed by atoms with Gasteiger partial charge in [-0.05, 0) is 58.5 Å². The van der Waals surface area contributed by atoms with Gasteiger partial charge in [-0.15, -0.1) is 0 Å². The van der Waals surface area contributed by atoms with E-state index in [4.69, 9.17) is 4.98 Å². The molecule has 172 valence electrons. The van der Waals surface area contributed by atoms with Gasteiger partial charge >= 0.3 is 0 Å². The van der Waals surface area contributed by atoms with Crippen molar-refractivity contribution in [3.05, 3.63) is 43.0 Å². The summed E-state index contributed by atoms with van der Waals surface area (Å²) >= 11 is 0. The van der Waals surface area contributed by atoms with Crippen LogP contribution in [0.5, 0.6) is 0 Å². The fourth-order valence-electron chi connectivity index (χ4n) is 4.76. The first-order chi connectivity index (χ1) is 16.0. The number of fused-ring (bicyclic) bond motifs is 3. The minimum Gasteiger partial charge on any atom is -0.370 e. The zero-order valence-electron chi connectivity index (χ0n) is 19.9. The highest BCUT2D eigenvalue weighted by atomic mass is 15.2. The average Bonchev–Trinajstić information content (AvgIpc) is 3.18. The molecule has 0 aromatic carbocycles. The smallest absolute Gasteiger partial charge is 0.230 e. The zero-order valence-corrected chi connectivity index (χ0v) is 19.9. The SMILES string of the molecule is CC[C@H](C)n1c2cnccc2c2cnc(Nc3ccc(N4CCC(N(C)C)CC4)cn3)nc21. The second-order valence-electron chi connectivity index (χ2n) is 9.16. The molecule has 0 spiro atoms. The normalized spacial score (nSPS) is 16.1. The van der Waals surface area contributed by atoms with Gasteiger partial charge in [-0.25, -0.2) is 9.97 Å². The minimum atomic E-state index is 0.311. The highest BCUT2D eigenvalue weighted by molar-refractivity contribution is 6.06. The fourth-order valence-corrected chi connectivity index (χ4v) is 4.76. The van der Waals surface area contributed by atoms with Gasteiger partial charge in [-0.3, -0.25) is 4.98 Å². The van der Waals surface area contributed by atoms with Gasteiger partial charge in [0.05, 0.1) is 23.6 Å². The summed E-state index contributed by atoms with van der Waals surface area (Å²) in [6, 6.07) is 7.16. The summed E-state index contributed by atoms with van der Waals surface area (Å²) in [6.45, 7) is 6.52. The predicted molar refractivity (Wildman–Crippen MR) is 134 cm³/mol. The number of pyridine rings is 2. The Hall–Kier alpha value is -3.26. The molecular formula is C25H32N8. The van der Waals surface area contributed by atoms with Crippen LogP contribution in [0.1, 0.15) is 39.2 Å². The zero-order chi connectivity index (χ0) is 22.9. The van der Waals surface area contributed by atoms with Crippen LogP contribution < -0.4 is 10.2 Å². The van der Waals surface area contributed by atoms with Gasteiger partial charge in [0.1, 0.15) is 11.5 Å². The van der Waals surface area contributed by atoms with Crippen molar-refractivity contribution in [2.45, 2.75) is 45.2 Å². The number of nitrogens with one attached hydrogen (secondary N) is 1. The van der Waals surface area contributed by atoms with Gasteiger partial charge < -0.3 is 19.7 Å². The number of nitrogens with zero attached hydrogens (tertiary/aromatic N) is 7. The molecule has 1 fully saturated rings. The van der Waals surface area contributed by atoms with E-state index in [2.05, 4.69) is 68.6 Å². The van der Waals surface area contributed by atoms with Crippen molar-refractivity contribution < 1.29 is 0 Å². The quantitative estimate of drug-likeness (QED) is 0.465. The highest BCUT2D eigenvalue weighted by Gasteiger charge is 2.21. The van der Waals surface area contributed by atoms with E-state index in [0.717, 1.165) is 47.3 Å². The van der Waals surface area contributed by atoms with E-state index in [1.807, 2.05) is 36.9 Å². The topological polar surface area (TPSA) is 75.0 Å². The Morgan fingerprint density at radius 1 is 1.06 bits per heavy atom. The number of hydrogen-bond acceptors (Lipinski definition) is 7. The minimum absolute atomic E-state index is 0.311. The van der Waals surface area contributed by atoms with Crippen molar-refractivity contribution in [2.24, 2.45) is 0 Å². The highest BCUT2D eigenvalue weighted by Crippen LogP contribution is 2.31. The Kier molecular flexibility index (Phi) is 5.85. The van der Waals surface area contributed by atoms with Crippen LogP contribution in [0.3, 0.4) is 0 Å². The van der Waals surface area contributed by atoms with Gasteiger partial charge in [-0.2, -0.15) is 4.98 Å². The van der Waals surface area contributed by atoms with E-state index in [1.54, 1.807) is 0 Å². The Balaban J connectivity index is 1.38. The third kappa shape index (κ3) is 4.11. The molecular weight excluding hydrogens is 412 g/mol. The van der Waals surface area contributed by atoms with Crippen molar-refractivity contribution in [1.29, 1.82) is 0 Å². The van der Waals surface area contributed by atoms with Gasteiger partial charge in [0.2, 0.25) is 5.95 Å². The van der Waals surface area contributed by atoms with Crippen LogP contribution in [0.25, 0.3) is 21.9 Å². The summed E-state index contributed by atoms with van der Waals surface area (Å²) in [5, 5.41) is 5.47. The van der Waals surface area contributed by atoms with Crippen molar-refractivity contribution in [3.63, 3.8) is 0 Å². The largest absolute Gasteiger partial charge is 0.370 e. The van der Waals surface area contributed by atoms with Gasteiger partial charge in [-0.1, -0.05) is 6.92 Å². The molecule has 8 nitrogen and oxygen atoms in total. The first-order valence-electron chi connectivity index (χ1n) is 11.8. The number of anilines is 3. The van der Waals surface area contributed by atoms with Crippen LogP contribution in [-0.2, 0) is 0 Å². The Morgan fingerprint density at radius 3 is 2.58 bits per heavy atom. The summed E-state index contributed by atoms with van der Waals surface area (Å²) in [4.78, 5) is 23.2. The van der Waals surface area contributed by atoms with Gasteiger partial charge in [0.15, 0.2) is 0 Å². The van der Waals surface area contributed by atoms with Crippen molar-refractivity contribution in [2.75, 3.05) is 37.4 Å². The van der Waals surface area contributed by atoms with Crippen molar-refractivity contribution in [3.8, 4) is 0 Å². The average molecular weight is 445 g/mol. The molecule has 1 aliphatic rings. The number of aromatic nitrogens is 5. The maximum Gasteiger partial charge on any atom is 0.230 e. The molecule has 0 saturated carbocycles. The number of rotatable bonds is 6. The Labute approximate surface area is 194 Å². The molecule has 5 heterocycles. The second kappa shape index (κ2) is 8.94. The lowest BCUT2D eigenvalue weighted by molar-refractivity contribution is 0.249. The van der Waals surface area contributed by atoms with E-state index in [1.165, 1.54) is 18.5 Å². The maximum atomic E-state index is 4.87. The molecule has 33 heavy (non-hydrogen) atoms.